The molecule has 0 aromatic carbocycles. The highest BCUT2D eigenvalue weighted by atomic mass is 32.1. The average molecular weight is 225 g/mol. The maximum absolute atomic E-state index is 5.89. The van der Waals surface area contributed by atoms with E-state index in [9.17, 15) is 0 Å². The van der Waals surface area contributed by atoms with Crippen molar-refractivity contribution in [2.75, 3.05) is 19.6 Å². The minimum atomic E-state index is 0.427. The molecule has 1 fully saturated rings. The van der Waals surface area contributed by atoms with Gasteiger partial charge in [-0.3, -0.25) is 0 Å². The van der Waals surface area contributed by atoms with Gasteiger partial charge in [-0.25, -0.2) is 4.98 Å². The van der Waals surface area contributed by atoms with E-state index in [1.54, 1.807) is 11.3 Å². The van der Waals surface area contributed by atoms with Crippen molar-refractivity contribution < 1.29 is 0 Å². The van der Waals surface area contributed by atoms with Gasteiger partial charge in [0.15, 0.2) is 0 Å². The zero-order chi connectivity index (χ0) is 10.7. The molecule has 2 rings (SSSR count). The first-order chi connectivity index (χ1) is 7.25. The Morgan fingerprint density at radius 2 is 2.33 bits per heavy atom. The Balaban J connectivity index is 1.82. The monoisotopic (exact) mass is 225 g/mol. The van der Waals surface area contributed by atoms with Crippen molar-refractivity contribution in [3.05, 3.63) is 16.6 Å². The number of piperidine rings is 1. The second kappa shape index (κ2) is 5.05. The summed E-state index contributed by atoms with van der Waals surface area (Å²) in [4.78, 5) is 6.87. The normalized spacial score (nSPS) is 21.7. The SMILES string of the molecule is CC(CN1CCC(N)CC1)c1nccs1. The molecule has 1 aliphatic heterocycles. The molecule has 1 atom stereocenters. The summed E-state index contributed by atoms with van der Waals surface area (Å²) < 4.78 is 0. The second-order valence-corrected chi connectivity index (χ2v) is 5.34. The van der Waals surface area contributed by atoms with Crippen LogP contribution in [0.3, 0.4) is 0 Å². The minimum absolute atomic E-state index is 0.427. The molecule has 0 aliphatic carbocycles. The lowest BCUT2D eigenvalue weighted by molar-refractivity contribution is 0.204. The number of hydrogen-bond acceptors (Lipinski definition) is 4. The zero-order valence-corrected chi connectivity index (χ0v) is 10.0. The number of thiazole rings is 1. The second-order valence-electron chi connectivity index (χ2n) is 4.41. The van der Waals surface area contributed by atoms with Crippen LogP contribution in [0.1, 0.15) is 30.7 Å². The third-order valence-corrected chi connectivity index (χ3v) is 4.04. The van der Waals surface area contributed by atoms with Crippen molar-refractivity contribution in [3.63, 3.8) is 0 Å². The van der Waals surface area contributed by atoms with E-state index >= 15 is 0 Å². The predicted octanol–water partition coefficient (Wildman–Crippen LogP) is 1.67. The van der Waals surface area contributed by atoms with Crippen molar-refractivity contribution >= 4 is 11.3 Å². The largest absolute Gasteiger partial charge is 0.328 e. The molecular formula is C11H19N3S. The van der Waals surface area contributed by atoms with Gasteiger partial charge >= 0.3 is 0 Å². The van der Waals surface area contributed by atoms with Gasteiger partial charge in [0.1, 0.15) is 0 Å². The van der Waals surface area contributed by atoms with Crippen LogP contribution in [0.4, 0.5) is 0 Å². The van der Waals surface area contributed by atoms with Gasteiger partial charge in [0, 0.05) is 30.1 Å². The molecule has 4 heteroatoms. The molecular weight excluding hydrogens is 206 g/mol. The molecule has 1 aromatic rings. The highest BCUT2D eigenvalue weighted by Crippen LogP contribution is 2.20. The van der Waals surface area contributed by atoms with Crippen molar-refractivity contribution in [2.45, 2.75) is 31.7 Å². The average Bonchev–Trinajstić information content (AvgIpc) is 2.74. The topological polar surface area (TPSA) is 42.1 Å². The summed E-state index contributed by atoms with van der Waals surface area (Å²) in [7, 11) is 0. The van der Waals surface area contributed by atoms with Crippen LogP contribution in [0, 0.1) is 0 Å². The first kappa shape index (κ1) is 11.0. The van der Waals surface area contributed by atoms with Crippen LogP contribution < -0.4 is 5.73 Å². The van der Waals surface area contributed by atoms with Gasteiger partial charge in [-0.1, -0.05) is 6.92 Å². The third-order valence-electron chi connectivity index (χ3n) is 3.04. The smallest absolute Gasteiger partial charge is 0.0965 e. The number of nitrogens with two attached hydrogens (primary N) is 1. The van der Waals surface area contributed by atoms with Gasteiger partial charge in [0.2, 0.25) is 0 Å². The van der Waals surface area contributed by atoms with E-state index < -0.39 is 0 Å². The standard InChI is InChI=1S/C11H19N3S/c1-9(11-13-4-7-15-11)8-14-5-2-10(12)3-6-14/h4,7,9-10H,2-3,5-6,8,12H2,1H3. The lowest BCUT2D eigenvalue weighted by Gasteiger charge is -2.31. The van der Waals surface area contributed by atoms with E-state index in [2.05, 4.69) is 22.2 Å². The summed E-state index contributed by atoms with van der Waals surface area (Å²) in [6, 6.07) is 0.427. The number of hydrogen-bond donors (Lipinski definition) is 1. The predicted molar refractivity (Wildman–Crippen MR) is 64.2 cm³/mol. The van der Waals surface area contributed by atoms with E-state index in [4.69, 9.17) is 5.73 Å². The minimum Gasteiger partial charge on any atom is -0.328 e. The third kappa shape index (κ3) is 3.00. The Bertz CT molecular complexity index is 278. The van der Waals surface area contributed by atoms with Gasteiger partial charge in [-0.15, -0.1) is 11.3 Å². The lowest BCUT2D eigenvalue weighted by Crippen LogP contribution is -2.41. The van der Waals surface area contributed by atoms with Crippen LogP contribution in [0.5, 0.6) is 0 Å². The molecule has 0 radical (unpaired) electrons. The van der Waals surface area contributed by atoms with Crippen molar-refractivity contribution in [3.8, 4) is 0 Å². The molecule has 1 saturated heterocycles. The van der Waals surface area contributed by atoms with Crippen molar-refractivity contribution in [2.24, 2.45) is 5.73 Å². The molecule has 0 saturated carbocycles. The summed E-state index contributed by atoms with van der Waals surface area (Å²) in [6.07, 6.45) is 4.18. The fourth-order valence-corrected chi connectivity index (χ4v) is 2.77. The Morgan fingerprint density at radius 3 is 2.93 bits per heavy atom. The maximum atomic E-state index is 5.89. The molecule has 2 N–H and O–H groups in total. The first-order valence-electron chi connectivity index (χ1n) is 5.63. The zero-order valence-electron chi connectivity index (χ0n) is 9.22. The Labute approximate surface area is 95.3 Å². The van der Waals surface area contributed by atoms with E-state index in [0.29, 0.717) is 12.0 Å². The van der Waals surface area contributed by atoms with Gasteiger partial charge in [0.25, 0.3) is 0 Å². The van der Waals surface area contributed by atoms with E-state index in [1.165, 1.54) is 5.01 Å². The van der Waals surface area contributed by atoms with E-state index in [0.717, 1.165) is 32.5 Å². The Kier molecular flexibility index (Phi) is 3.72. The molecule has 1 aliphatic rings. The van der Waals surface area contributed by atoms with Crippen LogP contribution in [0.15, 0.2) is 11.6 Å². The molecule has 15 heavy (non-hydrogen) atoms. The summed E-state index contributed by atoms with van der Waals surface area (Å²) in [5, 5.41) is 3.31. The molecule has 0 amide bonds. The highest BCUT2D eigenvalue weighted by Gasteiger charge is 2.19. The highest BCUT2D eigenvalue weighted by molar-refractivity contribution is 7.09. The maximum Gasteiger partial charge on any atom is 0.0965 e. The molecule has 0 spiro atoms. The van der Waals surface area contributed by atoms with Crippen LogP contribution in [-0.2, 0) is 0 Å². The lowest BCUT2D eigenvalue weighted by atomic mass is 10.0. The van der Waals surface area contributed by atoms with Crippen LogP contribution in [0.25, 0.3) is 0 Å². The number of likely N-dealkylation sites (tertiary alicyclic amines) is 1. The number of nitrogens with zero attached hydrogens (tertiary/aromatic N) is 2. The van der Waals surface area contributed by atoms with Crippen LogP contribution in [-0.4, -0.2) is 35.6 Å². The number of aromatic nitrogens is 1. The molecule has 1 unspecified atom stereocenters. The van der Waals surface area contributed by atoms with Gasteiger partial charge in [-0.05, 0) is 25.9 Å². The van der Waals surface area contributed by atoms with Crippen LogP contribution in [0.2, 0.25) is 0 Å². The van der Waals surface area contributed by atoms with Crippen molar-refractivity contribution in [1.82, 2.24) is 9.88 Å². The summed E-state index contributed by atoms with van der Waals surface area (Å²) >= 11 is 1.76. The molecule has 1 aromatic heterocycles. The van der Waals surface area contributed by atoms with E-state index in [-0.39, 0.29) is 0 Å². The molecule has 3 nitrogen and oxygen atoms in total. The van der Waals surface area contributed by atoms with Gasteiger partial charge < -0.3 is 10.6 Å². The van der Waals surface area contributed by atoms with Gasteiger partial charge in [-0.2, -0.15) is 0 Å². The molecule has 2 heterocycles. The van der Waals surface area contributed by atoms with Gasteiger partial charge in [0.05, 0.1) is 5.01 Å². The molecule has 0 bridgehead atoms. The quantitative estimate of drug-likeness (QED) is 0.851. The van der Waals surface area contributed by atoms with Crippen molar-refractivity contribution in [1.29, 1.82) is 0 Å². The Hall–Kier alpha value is -0.450. The fourth-order valence-electron chi connectivity index (χ4n) is 2.08. The van der Waals surface area contributed by atoms with Crippen LogP contribution >= 0.6 is 11.3 Å². The summed E-state index contributed by atoms with van der Waals surface area (Å²) in [5.74, 6) is 0.555. The van der Waals surface area contributed by atoms with E-state index in [1.807, 2.05) is 6.20 Å². The Morgan fingerprint density at radius 1 is 1.60 bits per heavy atom. The fraction of sp³-hybridized carbons (Fsp3) is 0.727. The summed E-state index contributed by atoms with van der Waals surface area (Å²) in [6.45, 7) is 5.68. The number of rotatable bonds is 3. The first-order valence-corrected chi connectivity index (χ1v) is 6.51. The summed E-state index contributed by atoms with van der Waals surface area (Å²) in [5.41, 5.74) is 5.89. The molecule has 84 valence electrons.